The molecule has 0 radical (unpaired) electrons. The van der Waals surface area contributed by atoms with E-state index < -0.39 is 0 Å². The van der Waals surface area contributed by atoms with E-state index in [-0.39, 0.29) is 36.9 Å². The smallest absolute Gasteiger partial charge is 0.228 e. The minimum Gasteiger partial charge on any atom is -0.395 e. The number of benzene rings is 1. The van der Waals surface area contributed by atoms with E-state index in [0.717, 1.165) is 16.7 Å². The summed E-state index contributed by atoms with van der Waals surface area (Å²) in [6, 6.07) is 11.5. The maximum Gasteiger partial charge on any atom is 0.228 e. The van der Waals surface area contributed by atoms with Crippen molar-refractivity contribution in [2.45, 2.75) is 39.3 Å². The van der Waals surface area contributed by atoms with E-state index >= 15 is 0 Å². The summed E-state index contributed by atoms with van der Waals surface area (Å²) in [6.07, 6.45) is 4.29. The number of likely N-dealkylation sites (tertiary alicyclic amines) is 1. The summed E-state index contributed by atoms with van der Waals surface area (Å²) in [7, 11) is 0. The van der Waals surface area contributed by atoms with Crippen LogP contribution in [-0.4, -0.2) is 51.4 Å². The normalized spacial score (nSPS) is 19.3. The van der Waals surface area contributed by atoms with Crippen LogP contribution in [0.25, 0.3) is 0 Å². The van der Waals surface area contributed by atoms with E-state index in [1.807, 2.05) is 55.1 Å². The van der Waals surface area contributed by atoms with Crippen molar-refractivity contribution < 1.29 is 14.7 Å². The Kier molecular flexibility index (Phi) is 6.99. The fraction of sp³-hybridized carbons (Fsp3) is 0.435. The topological polar surface area (TPSA) is 73.7 Å². The number of aromatic nitrogens is 1. The van der Waals surface area contributed by atoms with Crippen molar-refractivity contribution in [3.63, 3.8) is 0 Å². The highest BCUT2D eigenvalue weighted by atomic mass is 16.3. The van der Waals surface area contributed by atoms with Crippen molar-refractivity contribution in [2.75, 3.05) is 19.7 Å². The Hall–Kier alpha value is -2.73. The van der Waals surface area contributed by atoms with Gasteiger partial charge in [0.2, 0.25) is 11.8 Å². The summed E-state index contributed by atoms with van der Waals surface area (Å²) in [4.78, 5) is 33.7. The fourth-order valence-electron chi connectivity index (χ4n) is 4.09. The number of rotatable bonds is 7. The van der Waals surface area contributed by atoms with Gasteiger partial charge in [0.25, 0.3) is 0 Å². The number of piperidine rings is 1. The second-order valence-corrected chi connectivity index (χ2v) is 7.52. The summed E-state index contributed by atoms with van der Waals surface area (Å²) in [6.45, 7) is 5.11. The number of hydrogen-bond acceptors (Lipinski definition) is 4. The second kappa shape index (κ2) is 9.65. The highest BCUT2D eigenvalue weighted by Gasteiger charge is 2.41. The first-order chi connectivity index (χ1) is 14.0. The first-order valence-corrected chi connectivity index (χ1v) is 10.2. The summed E-state index contributed by atoms with van der Waals surface area (Å²) in [5.74, 6) is -0.263. The molecule has 1 aromatic carbocycles. The molecule has 0 aliphatic carbocycles. The van der Waals surface area contributed by atoms with Crippen LogP contribution in [0.1, 0.15) is 42.5 Å². The van der Waals surface area contributed by atoms with E-state index in [9.17, 15) is 14.7 Å². The average molecular weight is 396 g/mol. The van der Waals surface area contributed by atoms with Crippen LogP contribution in [0.5, 0.6) is 0 Å². The van der Waals surface area contributed by atoms with Crippen LogP contribution >= 0.6 is 0 Å². The molecule has 1 aromatic heterocycles. The molecule has 0 saturated carbocycles. The minimum absolute atomic E-state index is 0.0209. The third kappa shape index (κ3) is 4.82. The highest BCUT2D eigenvalue weighted by molar-refractivity contribution is 5.85. The van der Waals surface area contributed by atoms with Gasteiger partial charge in [0.05, 0.1) is 18.6 Å². The number of hydrogen-bond donors (Lipinski definition) is 1. The summed E-state index contributed by atoms with van der Waals surface area (Å²) in [5.41, 5.74) is 3.09. The van der Waals surface area contributed by atoms with Crippen LogP contribution in [0.2, 0.25) is 0 Å². The SMILES string of the molecule is CCN1C(=O)CC[C@@H](C(=O)N(CCO)Cc2ccncc2)[C@@H]1c1ccc(C)cc1. The van der Waals surface area contributed by atoms with E-state index in [0.29, 0.717) is 25.9 Å². The molecule has 0 unspecified atom stereocenters. The van der Waals surface area contributed by atoms with Crippen LogP contribution < -0.4 is 0 Å². The van der Waals surface area contributed by atoms with Crippen LogP contribution in [0, 0.1) is 12.8 Å². The Morgan fingerprint density at radius 2 is 1.90 bits per heavy atom. The average Bonchev–Trinajstić information content (AvgIpc) is 2.74. The summed E-state index contributed by atoms with van der Waals surface area (Å²) in [5, 5.41) is 9.54. The molecule has 2 amide bonds. The van der Waals surface area contributed by atoms with E-state index in [4.69, 9.17) is 0 Å². The van der Waals surface area contributed by atoms with Gasteiger partial charge in [-0.3, -0.25) is 14.6 Å². The Bertz CT molecular complexity index is 823. The number of pyridine rings is 1. The number of nitrogens with zero attached hydrogens (tertiary/aromatic N) is 3. The molecule has 1 aliphatic heterocycles. The predicted molar refractivity (Wildman–Crippen MR) is 111 cm³/mol. The summed E-state index contributed by atoms with van der Waals surface area (Å²) < 4.78 is 0. The third-order valence-electron chi connectivity index (χ3n) is 5.59. The maximum absolute atomic E-state index is 13.6. The molecule has 29 heavy (non-hydrogen) atoms. The molecule has 0 bridgehead atoms. The van der Waals surface area contributed by atoms with Gasteiger partial charge in [-0.25, -0.2) is 0 Å². The highest BCUT2D eigenvalue weighted by Crippen LogP contribution is 2.38. The van der Waals surface area contributed by atoms with Gasteiger partial charge in [0, 0.05) is 38.4 Å². The lowest BCUT2D eigenvalue weighted by molar-refractivity contribution is -0.148. The molecule has 2 heterocycles. The molecule has 2 atom stereocenters. The minimum atomic E-state index is -0.330. The van der Waals surface area contributed by atoms with Crippen LogP contribution in [0.3, 0.4) is 0 Å². The zero-order chi connectivity index (χ0) is 20.8. The lowest BCUT2D eigenvalue weighted by atomic mass is 9.83. The number of amides is 2. The molecule has 6 heteroatoms. The first-order valence-electron chi connectivity index (χ1n) is 10.2. The molecule has 0 spiro atoms. The largest absolute Gasteiger partial charge is 0.395 e. The zero-order valence-corrected chi connectivity index (χ0v) is 17.1. The molecule has 1 N–H and O–H groups in total. The monoisotopic (exact) mass is 395 g/mol. The van der Waals surface area contributed by atoms with E-state index in [1.165, 1.54) is 0 Å². The lowest BCUT2D eigenvalue weighted by Crippen LogP contribution is -2.49. The van der Waals surface area contributed by atoms with Crippen molar-refractivity contribution in [3.05, 3.63) is 65.5 Å². The molecule has 1 fully saturated rings. The number of aliphatic hydroxyl groups excluding tert-OH is 1. The number of aliphatic hydroxyl groups is 1. The van der Waals surface area contributed by atoms with Crippen LogP contribution in [0.15, 0.2) is 48.8 Å². The van der Waals surface area contributed by atoms with Crippen LogP contribution in [0.4, 0.5) is 0 Å². The number of carbonyl (C=O) groups excluding carboxylic acids is 2. The van der Waals surface area contributed by atoms with Crippen molar-refractivity contribution >= 4 is 11.8 Å². The van der Waals surface area contributed by atoms with Crippen molar-refractivity contribution in [3.8, 4) is 0 Å². The summed E-state index contributed by atoms with van der Waals surface area (Å²) >= 11 is 0. The fourth-order valence-corrected chi connectivity index (χ4v) is 4.09. The van der Waals surface area contributed by atoms with Crippen molar-refractivity contribution in [1.29, 1.82) is 0 Å². The molecule has 1 saturated heterocycles. The first kappa shape index (κ1) is 21.0. The molecule has 1 aliphatic rings. The third-order valence-corrected chi connectivity index (χ3v) is 5.59. The standard InChI is InChI=1S/C23H29N3O3/c1-3-26-21(28)9-8-20(22(26)19-6-4-17(2)5-7-19)23(29)25(14-15-27)16-18-10-12-24-13-11-18/h4-7,10-13,20,22,27H,3,8-9,14-16H2,1-2H3/t20-,22+/m1/s1. The molecule has 3 rings (SSSR count). The van der Waals surface area contributed by atoms with Crippen molar-refractivity contribution in [1.82, 2.24) is 14.8 Å². The molecule has 154 valence electrons. The van der Waals surface area contributed by atoms with Gasteiger partial charge in [0.1, 0.15) is 0 Å². The van der Waals surface area contributed by atoms with Crippen molar-refractivity contribution in [2.24, 2.45) is 5.92 Å². The van der Waals surface area contributed by atoms with Gasteiger partial charge in [-0.2, -0.15) is 0 Å². The van der Waals surface area contributed by atoms with Gasteiger partial charge >= 0.3 is 0 Å². The maximum atomic E-state index is 13.6. The number of aryl methyl sites for hydroxylation is 1. The molecular weight excluding hydrogens is 366 g/mol. The van der Waals surface area contributed by atoms with Gasteiger partial charge in [-0.15, -0.1) is 0 Å². The molecule has 2 aromatic rings. The van der Waals surface area contributed by atoms with Gasteiger partial charge in [-0.1, -0.05) is 29.8 Å². The van der Waals surface area contributed by atoms with Gasteiger partial charge in [-0.05, 0) is 43.5 Å². The zero-order valence-electron chi connectivity index (χ0n) is 17.1. The second-order valence-electron chi connectivity index (χ2n) is 7.52. The quantitative estimate of drug-likeness (QED) is 0.782. The Morgan fingerprint density at radius 3 is 2.52 bits per heavy atom. The van der Waals surface area contributed by atoms with E-state index in [2.05, 4.69) is 4.98 Å². The Labute approximate surface area is 172 Å². The lowest BCUT2D eigenvalue weighted by Gasteiger charge is -2.42. The number of carbonyl (C=O) groups is 2. The molecular formula is C23H29N3O3. The molecule has 6 nitrogen and oxygen atoms in total. The Morgan fingerprint density at radius 1 is 1.21 bits per heavy atom. The van der Waals surface area contributed by atoms with Crippen LogP contribution in [-0.2, 0) is 16.1 Å². The Balaban J connectivity index is 1.91. The van der Waals surface area contributed by atoms with Gasteiger partial charge < -0.3 is 14.9 Å². The van der Waals surface area contributed by atoms with E-state index in [1.54, 1.807) is 17.3 Å². The van der Waals surface area contributed by atoms with Gasteiger partial charge in [0.15, 0.2) is 0 Å². The predicted octanol–water partition coefficient (Wildman–Crippen LogP) is 2.71.